The number of carboxylic acid groups (broad SMARTS) is 2. The number of carboxylic acids is 2. The van der Waals surface area contributed by atoms with Crippen LogP contribution in [0.15, 0.2) is 45.2 Å². The molecular formula is C46H76N16O16S. The molecule has 0 spiro atoms. The molecule has 0 saturated heterocycles. The Labute approximate surface area is 455 Å². The van der Waals surface area contributed by atoms with Crippen molar-refractivity contribution in [3.8, 4) is 0 Å². The van der Waals surface area contributed by atoms with Crippen LogP contribution >= 0.6 is 0 Å². The van der Waals surface area contributed by atoms with Crippen LogP contribution in [0.25, 0.3) is 0 Å². The maximum absolute atomic E-state index is 14.0. The molecule has 0 fully saturated rings. The molecule has 79 heavy (non-hydrogen) atoms. The Hall–Kier alpha value is -8.20. The van der Waals surface area contributed by atoms with Gasteiger partial charge in [0.05, 0.1) is 24.3 Å². The minimum absolute atomic E-state index is 0.00740. The standard InChI is InChI=1S/C46H76N16O16S/c1-23(2)17-29(39(71)56-27(37(47)69)13-9-15-52-45(48)49)58-44(76)34(22-63)62-42(74)32(20-36(67)68)59-40(72)30(18-24(3)4)57-41(73)31(19-35(65)66)60-43(75)33(21-54-79(77,78)26-11-7-6-8-12-26)61-38(70)28(55-25(5)64)14-10-16-53-46(50)51/h6-8,11-12,23-24,27-34,54,63H,9-10,13-22H2,1-5H3,(H2,47,69)(H,55,64)(H,56,71)(H,57,73)(H,58,76)(H,59,72)(H,60,75)(H,61,70)(H,62,74)(H,65,66)(H,67,68)(H4,48,49,52)(H4,50,51,53)/t27-,28-,29-,30-,31-,32-,33?,34-/m0/s1. The average Bonchev–Trinajstić information content (AvgIpc) is 3.34. The summed E-state index contributed by atoms with van der Waals surface area (Å²) in [5, 5.41) is 48.0. The second-order valence-electron chi connectivity index (χ2n) is 18.8. The van der Waals surface area contributed by atoms with Crippen LogP contribution in [0.2, 0.25) is 0 Å². The van der Waals surface area contributed by atoms with E-state index in [9.17, 15) is 76.5 Å². The minimum Gasteiger partial charge on any atom is -0.481 e. The third-order valence-electron chi connectivity index (χ3n) is 10.9. The van der Waals surface area contributed by atoms with Crippen LogP contribution in [0.4, 0.5) is 0 Å². The van der Waals surface area contributed by atoms with E-state index in [1.54, 1.807) is 27.7 Å². The van der Waals surface area contributed by atoms with E-state index >= 15 is 0 Å². The van der Waals surface area contributed by atoms with Crippen molar-refractivity contribution in [2.45, 2.75) is 139 Å². The second-order valence-corrected chi connectivity index (χ2v) is 20.6. The molecule has 0 aromatic heterocycles. The molecule has 32 nitrogen and oxygen atoms in total. The lowest BCUT2D eigenvalue weighted by atomic mass is 10.0. The zero-order valence-corrected chi connectivity index (χ0v) is 45.3. The van der Waals surface area contributed by atoms with E-state index in [0.29, 0.717) is 0 Å². The largest absolute Gasteiger partial charge is 0.481 e. The number of aliphatic hydroxyl groups excluding tert-OH is 1. The molecule has 1 rings (SSSR count). The van der Waals surface area contributed by atoms with E-state index in [4.69, 9.17) is 28.7 Å². The monoisotopic (exact) mass is 1140 g/mol. The van der Waals surface area contributed by atoms with Crippen molar-refractivity contribution in [2.24, 2.45) is 50.5 Å². The Kier molecular flexibility index (Phi) is 30.1. The van der Waals surface area contributed by atoms with Gasteiger partial charge in [-0.1, -0.05) is 45.9 Å². The number of nitrogens with zero attached hydrogens (tertiary/aromatic N) is 2. The summed E-state index contributed by atoms with van der Waals surface area (Å²) < 4.78 is 28.6. The highest BCUT2D eigenvalue weighted by Gasteiger charge is 2.36. The molecule has 9 amide bonds. The first-order valence-corrected chi connectivity index (χ1v) is 26.2. The Morgan fingerprint density at radius 1 is 0.506 bits per heavy atom. The fraction of sp³-hybridized carbons (Fsp3) is 0.587. The van der Waals surface area contributed by atoms with Crippen molar-refractivity contribution in [2.75, 3.05) is 26.2 Å². The molecule has 8 atom stereocenters. The van der Waals surface area contributed by atoms with E-state index in [1.165, 1.54) is 30.3 Å². The number of aliphatic imine (C=N–C) groups is 2. The van der Waals surface area contributed by atoms with Gasteiger partial charge in [0.15, 0.2) is 11.9 Å². The number of hydrogen-bond acceptors (Lipinski definition) is 16. The smallest absolute Gasteiger partial charge is 0.305 e. The van der Waals surface area contributed by atoms with Crippen molar-refractivity contribution in [3.63, 3.8) is 0 Å². The normalized spacial score (nSPS) is 14.2. The minimum atomic E-state index is -4.39. The molecule has 0 aliphatic carbocycles. The van der Waals surface area contributed by atoms with Crippen LogP contribution in [0.5, 0.6) is 0 Å². The Balaban J connectivity index is 3.50. The second kappa shape index (κ2) is 34.5. The highest BCUT2D eigenvalue weighted by molar-refractivity contribution is 7.89. The van der Waals surface area contributed by atoms with Crippen molar-refractivity contribution in [1.29, 1.82) is 0 Å². The number of primary amides is 1. The van der Waals surface area contributed by atoms with Gasteiger partial charge in [0.25, 0.3) is 0 Å². The average molecular weight is 1140 g/mol. The first-order chi connectivity index (χ1) is 36.9. The quantitative estimate of drug-likeness (QED) is 0.0167. The van der Waals surface area contributed by atoms with Crippen LogP contribution in [0, 0.1) is 11.8 Å². The molecule has 33 heteroatoms. The van der Waals surface area contributed by atoms with E-state index in [1.807, 2.05) is 0 Å². The van der Waals surface area contributed by atoms with Crippen LogP contribution in [0.3, 0.4) is 0 Å². The number of nitrogens with two attached hydrogens (primary N) is 5. The number of sulfonamides is 1. The van der Waals surface area contributed by atoms with E-state index < -0.39 is 155 Å². The van der Waals surface area contributed by atoms with Gasteiger partial charge < -0.3 is 86.5 Å². The van der Waals surface area contributed by atoms with E-state index in [-0.39, 0.29) is 74.3 Å². The van der Waals surface area contributed by atoms with Crippen LogP contribution in [-0.4, -0.2) is 175 Å². The summed E-state index contributed by atoms with van der Waals surface area (Å²) in [6.45, 7) is 5.75. The molecule has 1 unspecified atom stereocenters. The number of aliphatic hydroxyl groups is 1. The van der Waals surface area contributed by atoms with Gasteiger partial charge >= 0.3 is 11.9 Å². The zero-order valence-electron chi connectivity index (χ0n) is 44.5. The van der Waals surface area contributed by atoms with Gasteiger partial charge in [-0.2, -0.15) is 0 Å². The van der Waals surface area contributed by atoms with Crippen molar-refractivity contribution in [3.05, 3.63) is 30.3 Å². The Morgan fingerprint density at radius 2 is 0.861 bits per heavy atom. The van der Waals surface area contributed by atoms with Crippen molar-refractivity contribution >= 4 is 87.0 Å². The highest BCUT2D eigenvalue weighted by atomic mass is 32.2. The first kappa shape index (κ1) is 68.8. The van der Waals surface area contributed by atoms with Gasteiger partial charge in [-0.25, -0.2) is 13.1 Å². The summed E-state index contributed by atoms with van der Waals surface area (Å²) in [4.78, 5) is 152. The van der Waals surface area contributed by atoms with E-state index in [2.05, 4.69) is 57.2 Å². The third kappa shape index (κ3) is 27.6. The van der Waals surface area contributed by atoms with Crippen LogP contribution in [0.1, 0.15) is 86.0 Å². The predicted octanol–water partition coefficient (Wildman–Crippen LogP) is -6.51. The van der Waals surface area contributed by atoms with Crippen LogP contribution < -0.4 is 75.9 Å². The Bertz CT molecular complexity index is 2460. The number of nitrogens with one attached hydrogen (secondary N) is 9. The summed E-state index contributed by atoms with van der Waals surface area (Å²) in [6.07, 6.45) is -2.38. The van der Waals surface area contributed by atoms with Gasteiger partial charge in [0, 0.05) is 26.6 Å². The maximum atomic E-state index is 14.0. The molecule has 0 radical (unpaired) electrons. The number of carbonyl (C=O) groups is 11. The van der Waals surface area contributed by atoms with Gasteiger partial charge in [0.2, 0.25) is 63.2 Å². The fourth-order valence-corrected chi connectivity index (χ4v) is 8.23. The molecule has 0 saturated carbocycles. The number of aliphatic carboxylic acids is 2. The molecule has 0 bridgehead atoms. The summed E-state index contributed by atoms with van der Waals surface area (Å²) in [5.74, 6) is -14.4. The SMILES string of the molecule is CC(=O)N[C@@H](CCCN=C(N)N)C(=O)NC(CNS(=O)(=O)c1ccccc1)C(=O)N[C@@H](CC(=O)O)C(=O)N[C@@H](CC(C)C)C(=O)N[C@@H](CC(=O)O)C(=O)N[C@@H](CO)C(=O)N[C@@H](CC(C)C)C(=O)N[C@@H](CCCN=C(N)N)C(N)=O. The molecular weight excluding hydrogens is 1060 g/mol. The molecule has 0 aliphatic heterocycles. The van der Waals surface area contributed by atoms with Gasteiger partial charge in [-0.15, -0.1) is 0 Å². The molecule has 22 N–H and O–H groups in total. The third-order valence-corrected chi connectivity index (χ3v) is 12.4. The van der Waals surface area contributed by atoms with Crippen molar-refractivity contribution < 1.29 is 76.5 Å². The maximum Gasteiger partial charge on any atom is 0.305 e. The van der Waals surface area contributed by atoms with Gasteiger partial charge in [-0.3, -0.25) is 62.7 Å². The lowest BCUT2D eigenvalue weighted by Crippen LogP contribution is -2.62. The number of carbonyl (C=O) groups excluding carboxylic acids is 9. The summed E-state index contributed by atoms with van der Waals surface area (Å²) in [6, 6.07) is -6.80. The summed E-state index contributed by atoms with van der Waals surface area (Å²) in [5.41, 5.74) is 26.8. The Morgan fingerprint density at radius 3 is 1.25 bits per heavy atom. The van der Waals surface area contributed by atoms with Crippen LogP contribution in [-0.2, 0) is 62.8 Å². The molecule has 0 aliphatic rings. The van der Waals surface area contributed by atoms with E-state index in [0.717, 1.165) is 6.92 Å². The number of hydrogen-bond donors (Lipinski definition) is 17. The fourth-order valence-electron chi connectivity index (χ4n) is 7.17. The molecule has 0 heterocycles. The van der Waals surface area contributed by atoms with Crippen molar-refractivity contribution in [1.82, 2.24) is 47.3 Å². The number of benzene rings is 1. The summed E-state index contributed by atoms with van der Waals surface area (Å²) in [7, 11) is -4.39. The van der Waals surface area contributed by atoms with Gasteiger partial charge in [0.1, 0.15) is 48.3 Å². The molecule has 1 aromatic rings. The molecule has 442 valence electrons. The lowest BCUT2D eigenvalue weighted by Gasteiger charge is -2.28. The number of amides is 9. The lowest BCUT2D eigenvalue weighted by molar-refractivity contribution is -0.142. The first-order valence-electron chi connectivity index (χ1n) is 24.8. The number of rotatable bonds is 37. The topological polar surface area (TPSA) is 546 Å². The molecule has 1 aromatic carbocycles. The highest BCUT2D eigenvalue weighted by Crippen LogP contribution is 2.12. The number of guanidine groups is 2. The zero-order chi connectivity index (χ0) is 60.2. The predicted molar refractivity (Wildman–Crippen MR) is 282 cm³/mol. The van der Waals surface area contributed by atoms with Gasteiger partial charge in [-0.05, 0) is 62.5 Å². The summed E-state index contributed by atoms with van der Waals surface area (Å²) >= 11 is 0.